The molecule has 1 aliphatic rings. The van der Waals surface area contributed by atoms with E-state index < -0.39 is 14.9 Å². The van der Waals surface area contributed by atoms with Crippen LogP contribution in [-0.4, -0.2) is 55.3 Å². The Morgan fingerprint density at radius 3 is 2.57 bits per heavy atom. The first-order chi connectivity index (χ1) is 10.9. The molecular weight excluding hydrogens is 318 g/mol. The molecule has 128 valence electrons. The normalized spacial score (nSPS) is 17.8. The van der Waals surface area contributed by atoms with Crippen LogP contribution in [0, 0.1) is 17.0 Å². The van der Waals surface area contributed by atoms with E-state index in [4.69, 9.17) is 0 Å². The van der Waals surface area contributed by atoms with Crippen molar-refractivity contribution in [2.24, 2.45) is 0 Å². The molecule has 0 unspecified atom stereocenters. The zero-order valence-corrected chi connectivity index (χ0v) is 14.4. The summed E-state index contributed by atoms with van der Waals surface area (Å²) in [5.74, 6) is 0. The fourth-order valence-corrected chi connectivity index (χ4v) is 4.43. The molecule has 0 amide bonds. The Morgan fingerprint density at radius 1 is 1.22 bits per heavy atom. The van der Waals surface area contributed by atoms with Gasteiger partial charge in [0.05, 0.1) is 9.82 Å². The van der Waals surface area contributed by atoms with Gasteiger partial charge in [-0.2, -0.15) is 4.31 Å². The molecule has 1 heterocycles. The molecule has 0 aromatic heterocycles. The molecule has 0 bridgehead atoms. The largest absolute Gasteiger partial charge is 0.302 e. The maximum absolute atomic E-state index is 12.8. The number of nitro groups is 1. The van der Waals surface area contributed by atoms with Crippen LogP contribution in [0.5, 0.6) is 0 Å². The quantitative estimate of drug-likeness (QED) is 0.604. The summed E-state index contributed by atoms with van der Waals surface area (Å²) < 4.78 is 27.0. The minimum atomic E-state index is -3.60. The number of rotatable bonds is 5. The second kappa shape index (κ2) is 7.37. The summed E-state index contributed by atoms with van der Waals surface area (Å²) >= 11 is 0. The van der Waals surface area contributed by atoms with Crippen LogP contribution >= 0.6 is 0 Å². The molecule has 1 saturated heterocycles. The van der Waals surface area contributed by atoms with E-state index in [0.717, 1.165) is 32.5 Å². The SMILES string of the molecule is CCCN1CCCN(S(=O)(=O)c2ccc([N+](=O)[O-])c(C)c2)CC1. The van der Waals surface area contributed by atoms with Gasteiger partial charge in [-0.1, -0.05) is 6.92 Å². The van der Waals surface area contributed by atoms with Crippen LogP contribution in [0.1, 0.15) is 25.3 Å². The smallest absolute Gasteiger partial charge is 0.272 e. The monoisotopic (exact) mass is 341 g/mol. The van der Waals surface area contributed by atoms with Gasteiger partial charge in [0.25, 0.3) is 5.69 Å². The van der Waals surface area contributed by atoms with Crippen molar-refractivity contribution in [1.82, 2.24) is 9.21 Å². The van der Waals surface area contributed by atoms with E-state index in [-0.39, 0.29) is 10.6 Å². The lowest BCUT2D eigenvalue weighted by Crippen LogP contribution is -2.35. The van der Waals surface area contributed by atoms with Crippen molar-refractivity contribution in [2.75, 3.05) is 32.7 Å². The van der Waals surface area contributed by atoms with Crippen LogP contribution in [0.2, 0.25) is 0 Å². The van der Waals surface area contributed by atoms with E-state index in [0.29, 0.717) is 18.7 Å². The van der Waals surface area contributed by atoms with Gasteiger partial charge in [0.15, 0.2) is 0 Å². The zero-order chi connectivity index (χ0) is 17.0. The van der Waals surface area contributed by atoms with Crippen LogP contribution < -0.4 is 0 Å². The third-order valence-electron chi connectivity index (χ3n) is 4.09. The van der Waals surface area contributed by atoms with Gasteiger partial charge in [-0.05, 0) is 45.0 Å². The molecule has 8 heteroatoms. The Labute approximate surface area is 137 Å². The number of aryl methyl sites for hydroxylation is 1. The molecule has 0 radical (unpaired) electrons. The number of hydrogen-bond donors (Lipinski definition) is 0. The first-order valence-corrected chi connectivity index (χ1v) is 9.28. The lowest BCUT2D eigenvalue weighted by molar-refractivity contribution is -0.385. The van der Waals surface area contributed by atoms with Gasteiger partial charge in [0, 0.05) is 31.3 Å². The number of hydrogen-bond acceptors (Lipinski definition) is 5. The van der Waals surface area contributed by atoms with Gasteiger partial charge >= 0.3 is 0 Å². The lowest BCUT2D eigenvalue weighted by atomic mass is 10.2. The Balaban J connectivity index is 2.21. The maximum Gasteiger partial charge on any atom is 0.272 e. The van der Waals surface area contributed by atoms with E-state index in [2.05, 4.69) is 11.8 Å². The molecule has 1 aromatic rings. The number of nitrogens with zero attached hydrogens (tertiary/aromatic N) is 3. The van der Waals surface area contributed by atoms with E-state index in [1.54, 1.807) is 6.92 Å². The van der Waals surface area contributed by atoms with Gasteiger partial charge in [0.1, 0.15) is 0 Å². The van der Waals surface area contributed by atoms with Crippen LogP contribution in [0.15, 0.2) is 23.1 Å². The van der Waals surface area contributed by atoms with E-state index in [9.17, 15) is 18.5 Å². The van der Waals surface area contributed by atoms with E-state index in [1.807, 2.05) is 0 Å². The second-order valence-corrected chi connectivity index (χ2v) is 7.74. The van der Waals surface area contributed by atoms with Crippen molar-refractivity contribution in [3.63, 3.8) is 0 Å². The zero-order valence-electron chi connectivity index (χ0n) is 13.6. The Morgan fingerprint density at radius 2 is 1.96 bits per heavy atom. The molecule has 0 saturated carbocycles. The van der Waals surface area contributed by atoms with Crippen molar-refractivity contribution in [3.8, 4) is 0 Å². The van der Waals surface area contributed by atoms with Crippen LogP contribution in [-0.2, 0) is 10.0 Å². The molecule has 0 atom stereocenters. The highest BCUT2D eigenvalue weighted by atomic mass is 32.2. The fraction of sp³-hybridized carbons (Fsp3) is 0.600. The molecule has 7 nitrogen and oxygen atoms in total. The molecule has 2 rings (SSSR count). The molecule has 0 N–H and O–H groups in total. The highest BCUT2D eigenvalue weighted by molar-refractivity contribution is 7.89. The van der Waals surface area contributed by atoms with E-state index in [1.165, 1.54) is 22.5 Å². The molecule has 1 fully saturated rings. The van der Waals surface area contributed by atoms with Crippen molar-refractivity contribution >= 4 is 15.7 Å². The summed E-state index contributed by atoms with van der Waals surface area (Å²) in [7, 11) is -3.60. The molecule has 1 aromatic carbocycles. The average Bonchev–Trinajstić information content (AvgIpc) is 2.73. The second-order valence-electron chi connectivity index (χ2n) is 5.80. The first kappa shape index (κ1) is 17.8. The van der Waals surface area contributed by atoms with E-state index >= 15 is 0 Å². The highest BCUT2D eigenvalue weighted by Crippen LogP contribution is 2.24. The molecule has 1 aliphatic heterocycles. The molecule has 0 aliphatic carbocycles. The summed E-state index contributed by atoms with van der Waals surface area (Å²) in [6.45, 7) is 7.21. The molecule has 23 heavy (non-hydrogen) atoms. The van der Waals surface area contributed by atoms with Crippen LogP contribution in [0.25, 0.3) is 0 Å². The van der Waals surface area contributed by atoms with Gasteiger partial charge in [-0.3, -0.25) is 10.1 Å². The Kier molecular flexibility index (Phi) is 5.72. The number of benzene rings is 1. The van der Waals surface area contributed by atoms with Crippen molar-refractivity contribution in [3.05, 3.63) is 33.9 Å². The van der Waals surface area contributed by atoms with Gasteiger partial charge in [0.2, 0.25) is 10.0 Å². The average molecular weight is 341 g/mol. The lowest BCUT2D eigenvalue weighted by Gasteiger charge is -2.21. The van der Waals surface area contributed by atoms with Crippen LogP contribution in [0.4, 0.5) is 5.69 Å². The van der Waals surface area contributed by atoms with Crippen LogP contribution in [0.3, 0.4) is 0 Å². The van der Waals surface area contributed by atoms with Gasteiger partial charge in [-0.25, -0.2) is 8.42 Å². The summed E-state index contributed by atoms with van der Waals surface area (Å²) in [6.07, 6.45) is 1.85. The topological polar surface area (TPSA) is 83.8 Å². The maximum atomic E-state index is 12.8. The third kappa shape index (κ3) is 4.07. The summed E-state index contributed by atoms with van der Waals surface area (Å²) in [5.41, 5.74) is 0.299. The van der Waals surface area contributed by atoms with Crippen molar-refractivity contribution < 1.29 is 13.3 Å². The number of nitro benzene ring substituents is 1. The van der Waals surface area contributed by atoms with Crippen molar-refractivity contribution in [1.29, 1.82) is 0 Å². The summed E-state index contributed by atoms with van der Waals surface area (Å²) in [5, 5.41) is 10.9. The molecule has 0 spiro atoms. The van der Waals surface area contributed by atoms with Gasteiger partial charge in [-0.15, -0.1) is 0 Å². The predicted octanol–water partition coefficient (Wildman–Crippen LogP) is 2.01. The summed E-state index contributed by atoms with van der Waals surface area (Å²) in [4.78, 5) is 12.8. The first-order valence-electron chi connectivity index (χ1n) is 7.84. The molecular formula is C15H23N3O4S. The highest BCUT2D eigenvalue weighted by Gasteiger charge is 2.27. The fourth-order valence-electron chi connectivity index (χ4n) is 2.87. The minimum Gasteiger partial charge on any atom is -0.302 e. The van der Waals surface area contributed by atoms with Crippen molar-refractivity contribution in [2.45, 2.75) is 31.6 Å². The van der Waals surface area contributed by atoms with Gasteiger partial charge < -0.3 is 4.90 Å². The minimum absolute atomic E-state index is 0.0612. The Bertz CT molecular complexity index is 675. The standard InChI is InChI=1S/C15H23N3O4S/c1-3-7-16-8-4-9-17(11-10-16)23(21,22)14-5-6-15(18(19)20)13(2)12-14/h5-6,12H,3-4,7-11H2,1-2H3. The number of sulfonamides is 1. The Hall–Kier alpha value is -1.51. The predicted molar refractivity (Wildman–Crippen MR) is 87.9 cm³/mol. The summed E-state index contributed by atoms with van der Waals surface area (Å²) in [6, 6.07) is 3.99. The third-order valence-corrected chi connectivity index (χ3v) is 5.98.